The molecule has 1 amide bonds. The van der Waals surface area contributed by atoms with Gasteiger partial charge in [0.05, 0.1) is 15.5 Å². The highest BCUT2D eigenvalue weighted by atomic mass is 32.2. The van der Waals surface area contributed by atoms with Crippen LogP contribution in [-0.4, -0.2) is 16.0 Å². The second kappa shape index (κ2) is 9.49. The van der Waals surface area contributed by atoms with Crippen molar-refractivity contribution in [3.05, 3.63) is 105 Å². The Balaban J connectivity index is 1.43. The number of ether oxygens (including phenoxy) is 1. The summed E-state index contributed by atoms with van der Waals surface area (Å²) in [5.74, 6) is 0.438. The van der Waals surface area contributed by atoms with Crippen LogP contribution in [-0.2, 0) is 11.4 Å². The number of carbonyl (C=O) groups excluding carboxylic acids is 1. The molecule has 1 saturated heterocycles. The fraction of sp³-hybridized carbons (Fsp3) is 0.0833. The Morgan fingerprint density at radius 2 is 1.84 bits per heavy atom. The van der Waals surface area contributed by atoms with E-state index < -0.39 is 4.92 Å². The molecule has 0 spiro atoms. The molecule has 8 heteroatoms. The minimum Gasteiger partial charge on any atom is -0.489 e. The molecule has 3 aromatic rings. The Morgan fingerprint density at radius 3 is 2.56 bits per heavy atom. The second-order valence-corrected chi connectivity index (χ2v) is 8.13. The highest BCUT2D eigenvalue weighted by molar-refractivity contribution is 8.18. The fourth-order valence-corrected chi connectivity index (χ4v) is 3.78. The zero-order valence-electron chi connectivity index (χ0n) is 17.1. The van der Waals surface area contributed by atoms with Gasteiger partial charge >= 0.3 is 0 Å². The lowest BCUT2D eigenvalue weighted by molar-refractivity contribution is -0.384. The van der Waals surface area contributed by atoms with Gasteiger partial charge in [0.25, 0.3) is 11.6 Å². The standard InChI is InChI=1S/C24H19N3O4S/c1-16-5-9-19(10-6-16)25-24-26-23(28)22(32-24)14-18-3-2-4-21(13-18)31-15-17-7-11-20(12-8-17)27(29)30/h2-14H,15H2,1H3,(H,25,26,28)/b22-14-. The minimum absolute atomic E-state index is 0.0417. The molecule has 0 unspecified atom stereocenters. The van der Waals surface area contributed by atoms with Gasteiger partial charge in [-0.1, -0.05) is 29.8 Å². The van der Waals surface area contributed by atoms with Crippen molar-refractivity contribution in [2.24, 2.45) is 4.99 Å². The molecule has 1 heterocycles. The first-order valence-corrected chi connectivity index (χ1v) is 10.6. The number of hydrogen-bond donors (Lipinski definition) is 1. The summed E-state index contributed by atoms with van der Waals surface area (Å²) in [6.45, 7) is 2.29. The molecule has 0 saturated carbocycles. The van der Waals surface area contributed by atoms with Crippen molar-refractivity contribution in [2.45, 2.75) is 13.5 Å². The molecule has 0 aliphatic carbocycles. The highest BCUT2D eigenvalue weighted by Gasteiger charge is 2.23. The molecule has 7 nitrogen and oxygen atoms in total. The first-order chi connectivity index (χ1) is 15.5. The maximum absolute atomic E-state index is 12.3. The zero-order chi connectivity index (χ0) is 22.5. The van der Waals surface area contributed by atoms with Crippen molar-refractivity contribution in [3.8, 4) is 5.75 Å². The number of rotatable bonds is 6. The van der Waals surface area contributed by atoms with Crippen LogP contribution in [0.2, 0.25) is 0 Å². The first-order valence-electron chi connectivity index (χ1n) is 9.79. The molecule has 3 aromatic carbocycles. The van der Waals surface area contributed by atoms with Crippen molar-refractivity contribution in [1.82, 2.24) is 5.32 Å². The van der Waals surface area contributed by atoms with Crippen LogP contribution in [0.4, 0.5) is 11.4 Å². The third-order valence-electron chi connectivity index (χ3n) is 4.62. The third-order valence-corrected chi connectivity index (χ3v) is 5.53. The van der Waals surface area contributed by atoms with Crippen LogP contribution >= 0.6 is 11.8 Å². The van der Waals surface area contributed by atoms with Crippen LogP contribution < -0.4 is 10.1 Å². The molecule has 4 rings (SSSR count). The van der Waals surface area contributed by atoms with Crippen LogP contribution in [0.5, 0.6) is 5.75 Å². The molecule has 0 atom stereocenters. The third kappa shape index (κ3) is 5.41. The van der Waals surface area contributed by atoms with E-state index >= 15 is 0 Å². The van der Waals surface area contributed by atoms with Gasteiger partial charge in [0.2, 0.25) is 0 Å². The number of amidine groups is 1. The number of hydrogen-bond acceptors (Lipinski definition) is 6. The van der Waals surface area contributed by atoms with Crippen LogP contribution in [0.1, 0.15) is 16.7 Å². The highest BCUT2D eigenvalue weighted by Crippen LogP contribution is 2.29. The SMILES string of the molecule is Cc1ccc(N=C2NC(=O)/C(=C/c3cccc(OCc4ccc([N+](=O)[O-])cc4)c3)S2)cc1. The van der Waals surface area contributed by atoms with E-state index in [-0.39, 0.29) is 18.2 Å². The average Bonchev–Trinajstić information content (AvgIpc) is 3.13. The van der Waals surface area contributed by atoms with E-state index in [2.05, 4.69) is 10.3 Å². The maximum Gasteiger partial charge on any atom is 0.269 e. The predicted octanol–water partition coefficient (Wildman–Crippen LogP) is 5.37. The monoisotopic (exact) mass is 445 g/mol. The van der Waals surface area contributed by atoms with E-state index in [1.807, 2.05) is 55.5 Å². The van der Waals surface area contributed by atoms with Gasteiger partial charge in [0.15, 0.2) is 5.17 Å². The minimum atomic E-state index is -0.435. The fourth-order valence-electron chi connectivity index (χ4n) is 2.94. The summed E-state index contributed by atoms with van der Waals surface area (Å²) in [6, 6.07) is 21.4. The summed E-state index contributed by atoms with van der Waals surface area (Å²) in [5.41, 5.74) is 3.61. The smallest absolute Gasteiger partial charge is 0.269 e. The molecular formula is C24H19N3O4S. The Bertz CT molecular complexity index is 1220. The van der Waals surface area contributed by atoms with Crippen molar-refractivity contribution in [3.63, 3.8) is 0 Å². The van der Waals surface area contributed by atoms with Crippen molar-refractivity contribution >= 4 is 40.3 Å². The number of amides is 1. The van der Waals surface area contributed by atoms with Crippen molar-refractivity contribution < 1.29 is 14.5 Å². The van der Waals surface area contributed by atoms with E-state index in [0.717, 1.165) is 22.4 Å². The first kappa shape index (κ1) is 21.3. The Morgan fingerprint density at radius 1 is 1.09 bits per heavy atom. The van der Waals surface area contributed by atoms with Crippen LogP contribution in [0, 0.1) is 17.0 Å². The van der Waals surface area contributed by atoms with Crippen LogP contribution in [0.3, 0.4) is 0 Å². The summed E-state index contributed by atoms with van der Waals surface area (Å²) in [7, 11) is 0. The number of aliphatic imine (C=N–C) groups is 1. The summed E-state index contributed by atoms with van der Waals surface area (Å²) in [5, 5.41) is 14.1. The summed E-state index contributed by atoms with van der Waals surface area (Å²) < 4.78 is 5.80. The van der Waals surface area contributed by atoms with E-state index in [1.165, 1.54) is 23.9 Å². The predicted molar refractivity (Wildman–Crippen MR) is 126 cm³/mol. The molecular weight excluding hydrogens is 426 g/mol. The zero-order valence-corrected chi connectivity index (χ0v) is 18.0. The van der Waals surface area contributed by atoms with Gasteiger partial charge in [-0.15, -0.1) is 0 Å². The Kier molecular flexibility index (Phi) is 6.32. The average molecular weight is 446 g/mol. The second-order valence-electron chi connectivity index (χ2n) is 7.10. The molecule has 0 bridgehead atoms. The summed E-state index contributed by atoms with van der Waals surface area (Å²) in [4.78, 5) is 27.7. The summed E-state index contributed by atoms with van der Waals surface area (Å²) in [6.07, 6.45) is 1.79. The quantitative estimate of drug-likeness (QED) is 0.313. The Hall–Kier alpha value is -3.91. The van der Waals surface area contributed by atoms with E-state index in [1.54, 1.807) is 18.2 Å². The number of nitrogens with one attached hydrogen (secondary N) is 1. The lowest BCUT2D eigenvalue weighted by atomic mass is 10.2. The van der Waals surface area contributed by atoms with Gasteiger partial charge in [0.1, 0.15) is 12.4 Å². The number of nitro benzene ring substituents is 1. The number of nitro groups is 1. The van der Waals surface area contributed by atoms with Crippen molar-refractivity contribution in [2.75, 3.05) is 0 Å². The van der Waals surface area contributed by atoms with Gasteiger partial charge in [-0.05, 0) is 72.3 Å². The van der Waals surface area contributed by atoms with Gasteiger partial charge in [-0.2, -0.15) is 0 Å². The van der Waals surface area contributed by atoms with Gasteiger partial charge in [-0.25, -0.2) is 4.99 Å². The summed E-state index contributed by atoms with van der Waals surface area (Å²) >= 11 is 1.29. The van der Waals surface area contributed by atoms with E-state index in [0.29, 0.717) is 15.8 Å². The van der Waals surface area contributed by atoms with Gasteiger partial charge in [0, 0.05) is 12.1 Å². The number of carbonyl (C=O) groups is 1. The molecule has 0 aromatic heterocycles. The normalized spacial score (nSPS) is 15.7. The number of benzene rings is 3. The number of aryl methyl sites for hydroxylation is 1. The van der Waals surface area contributed by atoms with Crippen LogP contribution in [0.15, 0.2) is 82.7 Å². The molecule has 1 N–H and O–H groups in total. The molecule has 1 aliphatic rings. The molecule has 0 radical (unpaired) electrons. The molecule has 1 fully saturated rings. The number of non-ortho nitro benzene ring substituents is 1. The Labute approximate surface area is 189 Å². The van der Waals surface area contributed by atoms with E-state index in [9.17, 15) is 14.9 Å². The van der Waals surface area contributed by atoms with Gasteiger partial charge < -0.3 is 10.1 Å². The van der Waals surface area contributed by atoms with Crippen LogP contribution in [0.25, 0.3) is 6.08 Å². The molecule has 32 heavy (non-hydrogen) atoms. The number of thioether (sulfide) groups is 1. The molecule has 1 aliphatic heterocycles. The maximum atomic E-state index is 12.3. The largest absolute Gasteiger partial charge is 0.489 e. The lowest BCUT2D eigenvalue weighted by Gasteiger charge is -2.07. The lowest BCUT2D eigenvalue weighted by Crippen LogP contribution is -2.19. The number of nitrogens with zero attached hydrogens (tertiary/aromatic N) is 2. The van der Waals surface area contributed by atoms with Crippen molar-refractivity contribution in [1.29, 1.82) is 0 Å². The molecule has 160 valence electrons. The van der Waals surface area contributed by atoms with Gasteiger partial charge in [-0.3, -0.25) is 14.9 Å². The van der Waals surface area contributed by atoms with E-state index in [4.69, 9.17) is 4.74 Å². The topological polar surface area (TPSA) is 93.8 Å².